The van der Waals surface area contributed by atoms with Crippen molar-refractivity contribution < 1.29 is 14.3 Å². The second-order valence-corrected chi connectivity index (χ2v) is 6.84. The van der Waals surface area contributed by atoms with Crippen molar-refractivity contribution in [3.63, 3.8) is 0 Å². The Balaban J connectivity index is 0.00000364. The number of ether oxygens (including phenoxy) is 1. The first kappa shape index (κ1) is 23.2. The van der Waals surface area contributed by atoms with Crippen LogP contribution in [0.4, 0.5) is 10.5 Å². The molecule has 1 heterocycles. The summed E-state index contributed by atoms with van der Waals surface area (Å²) in [7, 11) is 0. The van der Waals surface area contributed by atoms with Gasteiger partial charge in [-0.15, -0.1) is 12.4 Å². The number of piperidine rings is 1. The molecule has 1 saturated heterocycles. The minimum Gasteiger partial charge on any atom is -0.378 e. The van der Waals surface area contributed by atoms with Crippen LogP contribution in [0, 0.1) is 0 Å². The fourth-order valence-corrected chi connectivity index (χ4v) is 2.90. The topological polar surface area (TPSA) is 96.7 Å². The van der Waals surface area contributed by atoms with Gasteiger partial charge in [-0.3, -0.25) is 4.79 Å². The second kappa shape index (κ2) is 11.8. The molecule has 1 fully saturated rings. The summed E-state index contributed by atoms with van der Waals surface area (Å²) in [5.41, 5.74) is 6.66. The Labute approximate surface area is 167 Å². The highest BCUT2D eigenvalue weighted by molar-refractivity contribution is 5.97. The van der Waals surface area contributed by atoms with E-state index in [2.05, 4.69) is 10.6 Å². The molecule has 4 N–H and O–H groups in total. The Morgan fingerprint density at radius 2 is 2.00 bits per heavy atom. The Morgan fingerprint density at radius 1 is 1.30 bits per heavy atom. The molecule has 0 radical (unpaired) electrons. The number of nitrogens with two attached hydrogens (primary N) is 1. The van der Waals surface area contributed by atoms with Crippen molar-refractivity contribution in [3.8, 4) is 0 Å². The highest BCUT2D eigenvalue weighted by Gasteiger charge is 2.24. The van der Waals surface area contributed by atoms with E-state index >= 15 is 0 Å². The summed E-state index contributed by atoms with van der Waals surface area (Å²) < 4.78 is 5.78. The van der Waals surface area contributed by atoms with E-state index in [1.54, 1.807) is 24.3 Å². The van der Waals surface area contributed by atoms with Crippen LogP contribution < -0.4 is 16.4 Å². The standard InChI is InChI=1S/C19H30N4O3.ClH/c1-14(2)21-19(25)22-16-6-3-5-15(13-16)18(24)23-10-7-17(8-11-23)26-12-4-9-20;/h3,5-6,13-14,17H,4,7-12,20H2,1-2H3,(H2,21,22,25);1H. The van der Waals surface area contributed by atoms with Crippen LogP contribution in [0.15, 0.2) is 24.3 Å². The predicted molar refractivity (Wildman–Crippen MR) is 110 cm³/mol. The fourth-order valence-electron chi connectivity index (χ4n) is 2.90. The molecule has 3 amide bonds. The molecule has 1 aliphatic heterocycles. The summed E-state index contributed by atoms with van der Waals surface area (Å²) in [6, 6.07) is 6.81. The van der Waals surface area contributed by atoms with Crippen molar-refractivity contribution in [3.05, 3.63) is 29.8 Å². The van der Waals surface area contributed by atoms with Gasteiger partial charge in [0.1, 0.15) is 0 Å². The lowest BCUT2D eigenvalue weighted by Crippen LogP contribution is -2.41. The van der Waals surface area contributed by atoms with Crippen molar-refractivity contribution in [1.29, 1.82) is 0 Å². The number of nitrogens with one attached hydrogen (secondary N) is 2. The first-order valence-electron chi connectivity index (χ1n) is 9.28. The lowest BCUT2D eigenvalue weighted by molar-refractivity contribution is 0.00844. The summed E-state index contributed by atoms with van der Waals surface area (Å²) in [4.78, 5) is 26.4. The van der Waals surface area contributed by atoms with Gasteiger partial charge in [0.15, 0.2) is 0 Å². The molecule has 27 heavy (non-hydrogen) atoms. The molecule has 0 spiro atoms. The molecule has 1 aliphatic rings. The number of benzene rings is 1. The number of rotatable bonds is 7. The molecule has 0 aliphatic carbocycles. The van der Waals surface area contributed by atoms with Crippen LogP contribution >= 0.6 is 12.4 Å². The Kier molecular flexibility index (Phi) is 10.1. The van der Waals surface area contributed by atoms with E-state index in [0.717, 1.165) is 19.3 Å². The number of hydrogen-bond donors (Lipinski definition) is 3. The molecule has 7 nitrogen and oxygen atoms in total. The maximum Gasteiger partial charge on any atom is 0.319 e. The summed E-state index contributed by atoms with van der Waals surface area (Å²) >= 11 is 0. The number of anilines is 1. The van der Waals surface area contributed by atoms with Gasteiger partial charge in [0.2, 0.25) is 0 Å². The summed E-state index contributed by atoms with van der Waals surface area (Å²) in [5, 5.41) is 5.52. The van der Waals surface area contributed by atoms with E-state index < -0.39 is 0 Å². The van der Waals surface area contributed by atoms with Gasteiger partial charge < -0.3 is 26.0 Å². The van der Waals surface area contributed by atoms with Crippen molar-refractivity contribution in [2.75, 3.05) is 31.6 Å². The van der Waals surface area contributed by atoms with Crippen LogP contribution in [0.5, 0.6) is 0 Å². The molecule has 1 aromatic carbocycles. The van der Waals surface area contributed by atoms with Crippen molar-refractivity contribution in [2.45, 2.75) is 45.3 Å². The maximum atomic E-state index is 12.7. The van der Waals surface area contributed by atoms with Crippen molar-refractivity contribution in [2.24, 2.45) is 5.73 Å². The fraction of sp³-hybridized carbons (Fsp3) is 0.579. The monoisotopic (exact) mass is 398 g/mol. The zero-order chi connectivity index (χ0) is 18.9. The van der Waals surface area contributed by atoms with Gasteiger partial charge in [-0.25, -0.2) is 4.79 Å². The average Bonchev–Trinajstić information content (AvgIpc) is 2.61. The number of hydrogen-bond acceptors (Lipinski definition) is 4. The Bertz CT molecular complexity index is 604. The third kappa shape index (κ3) is 7.74. The average molecular weight is 399 g/mol. The third-order valence-electron chi connectivity index (χ3n) is 4.22. The highest BCUT2D eigenvalue weighted by Crippen LogP contribution is 2.18. The number of halogens is 1. The Hall–Kier alpha value is -1.83. The third-order valence-corrected chi connectivity index (χ3v) is 4.22. The molecule has 0 bridgehead atoms. The summed E-state index contributed by atoms with van der Waals surface area (Å²) in [6.07, 6.45) is 2.75. The normalized spacial score (nSPS) is 14.6. The van der Waals surface area contributed by atoms with Crippen LogP contribution in [0.3, 0.4) is 0 Å². The zero-order valence-electron chi connectivity index (χ0n) is 16.1. The van der Waals surface area contributed by atoms with Crippen LogP contribution in [0.25, 0.3) is 0 Å². The number of carbonyl (C=O) groups is 2. The number of urea groups is 1. The highest BCUT2D eigenvalue weighted by atomic mass is 35.5. The molecule has 152 valence electrons. The number of amides is 3. The SMILES string of the molecule is CC(C)NC(=O)Nc1cccc(C(=O)N2CCC(OCCCN)CC2)c1.Cl. The van der Waals surface area contributed by atoms with Crippen LogP contribution in [-0.4, -0.2) is 55.2 Å². The van der Waals surface area contributed by atoms with Gasteiger partial charge in [-0.1, -0.05) is 6.07 Å². The lowest BCUT2D eigenvalue weighted by Gasteiger charge is -2.32. The van der Waals surface area contributed by atoms with E-state index in [1.165, 1.54) is 0 Å². The van der Waals surface area contributed by atoms with Gasteiger partial charge in [0.05, 0.1) is 6.10 Å². The van der Waals surface area contributed by atoms with Crippen LogP contribution in [0.1, 0.15) is 43.5 Å². The molecule has 0 saturated carbocycles. The van der Waals surface area contributed by atoms with Gasteiger partial charge in [0, 0.05) is 37.0 Å². The predicted octanol–water partition coefficient (Wildman–Crippen LogP) is 2.61. The Morgan fingerprint density at radius 3 is 2.63 bits per heavy atom. The first-order valence-corrected chi connectivity index (χ1v) is 9.28. The van der Waals surface area contributed by atoms with E-state index in [4.69, 9.17) is 10.5 Å². The molecule has 2 rings (SSSR count). The van der Waals surface area contributed by atoms with Gasteiger partial charge in [0.25, 0.3) is 5.91 Å². The molecular formula is C19H31ClN4O3. The molecule has 0 aromatic heterocycles. The second-order valence-electron chi connectivity index (χ2n) is 6.84. The van der Waals surface area contributed by atoms with Crippen LogP contribution in [-0.2, 0) is 4.74 Å². The number of nitrogens with zero attached hydrogens (tertiary/aromatic N) is 1. The minimum absolute atomic E-state index is 0. The van der Waals surface area contributed by atoms with E-state index in [-0.39, 0.29) is 36.5 Å². The van der Waals surface area contributed by atoms with Gasteiger partial charge in [-0.05, 0) is 57.9 Å². The lowest BCUT2D eigenvalue weighted by atomic mass is 10.1. The quantitative estimate of drug-likeness (QED) is 0.615. The maximum absolute atomic E-state index is 12.7. The van der Waals surface area contributed by atoms with Crippen LogP contribution in [0.2, 0.25) is 0 Å². The smallest absolute Gasteiger partial charge is 0.319 e. The van der Waals surface area contributed by atoms with Gasteiger partial charge >= 0.3 is 6.03 Å². The summed E-state index contributed by atoms with van der Waals surface area (Å²) in [5.74, 6) is -0.0154. The van der Waals surface area contributed by atoms with E-state index in [1.807, 2.05) is 18.7 Å². The number of carbonyl (C=O) groups excluding carboxylic acids is 2. The van der Waals surface area contributed by atoms with E-state index in [0.29, 0.717) is 37.5 Å². The largest absolute Gasteiger partial charge is 0.378 e. The summed E-state index contributed by atoms with van der Waals surface area (Å²) in [6.45, 7) is 6.46. The first-order chi connectivity index (χ1) is 12.5. The van der Waals surface area contributed by atoms with Gasteiger partial charge in [-0.2, -0.15) is 0 Å². The zero-order valence-corrected chi connectivity index (χ0v) is 16.9. The van der Waals surface area contributed by atoms with Crippen molar-refractivity contribution in [1.82, 2.24) is 10.2 Å². The van der Waals surface area contributed by atoms with Crippen molar-refractivity contribution >= 4 is 30.0 Å². The molecular weight excluding hydrogens is 368 g/mol. The molecule has 0 atom stereocenters. The molecule has 0 unspecified atom stereocenters. The molecule has 1 aromatic rings. The number of likely N-dealkylation sites (tertiary alicyclic amines) is 1. The molecule has 8 heteroatoms. The minimum atomic E-state index is -0.278. The van der Waals surface area contributed by atoms with E-state index in [9.17, 15) is 9.59 Å².